The molecule has 1 aromatic rings. The van der Waals surface area contributed by atoms with E-state index < -0.39 is 14.9 Å². The SMILES string of the molecule is C=O.CC1(S(=O)(=O)O)CC=Cc2ccccc21.[Na]. The van der Waals surface area contributed by atoms with Gasteiger partial charge >= 0.3 is 0 Å². The number of carbonyl (C=O) groups excluding carboxylic acids is 1. The standard InChI is InChI=1S/C11H12O3S.CH2O.Na/c1-11(15(12,13)14)8-4-6-9-5-2-3-7-10(9)11;1-2;/h2-7H,8H2,1H3,(H,12,13,14);1H2;. The molecular formula is C12H14NaO4S. The first-order chi connectivity index (χ1) is 7.95. The zero-order valence-corrected chi connectivity index (χ0v) is 13.3. The molecule has 0 saturated heterocycles. The molecule has 0 heterocycles. The van der Waals surface area contributed by atoms with Crippen molar-refractivity contribution in [2.45, 2.75) is 18.1 Å². The molecule has 0 aliphatic heterocycles. The summed E-state index contributed by atoms with van der Waals surface area (Å²) >= 11 is 0. The fraction of sp³-hybridized carbons (Fsp3) is 0.250. The molecule has 18 heavy (non-hydrogen) atoms. The summed E-state index contributed by atoms with van der Waals surface area (Å²) in [6.07, 6.45) is 3.96. The minimum absolute atomic E-state index is 0. The molecule has 1 unspecified atom stereocenters. The van der Waals surface area contributed by atoms with Crippen molar-refractivity contribution in [3.8, 4) is 0 Å². The van der Waals surface area contributed by atoms with Crippen molar-refractivity contribution < 1.29 is 17.8 Å². The Kier molecular flexibility index (Phi) is 6.46. The molecule has 93 valence electrons. The van der Waals surface area contributed by atoms with Crippen molar-refractivity contribution >= 4 is 52.5 Å². The molecule has 1 aliphatic rings. The number of benzene rings is 1. The minimum atomic E-state index is -4.09. The van der Waals surface area contributed by atoms with Gasteiger partial charge in [0.1, 0.15) is 11.5 Å². The molecule has 0 saturated carbocycles. The number of hydrogen-bond donors (Lipinski definition) is 1. The van der Waals surface area contributed by atoms with E-state index in [1.165, 1.54) is 0 Å². The summed E-state index contributed by atoms with van der Waals surface area (Å²) in [7, 11) is -4.09. The molecule has 1 N–H and O–H groups in total. The van der Waals surface area contributed by atoms with E-state index >= 15 is 0 Å². The van der Waals surface area contributed by atoms with Gasteiger partial charge in [-0.05, 0) is 24.5 Å². The summed E-state index contributed by atoms with van der Waals surface area (Å²) in [5.41, 5.74) is 1.51. The zero-order chi connectivity index (χ0) is 13.1. The molecule has 0 amide bonds. The summed E-state index contributed by atoms with van der Waals surface area (Å²) in [5.74, 6) is 0. The Morgan fingerprint density at radius 2 is 1.83 bits per heavy atom. The van der Waals surface area contributed by atoms with Crippen molar-refractivity contribution in [2.75, 3.05) is 0 Å². The first-order valence-electron chi connectivity index (χ1n) is 4.97. The van der Waals surface area contributed by atoms with E-state index in [-0.39, 0.29) is 29.6 Å². The summed E-state index contributed by atoms with van der Waals surface area (Å²) in [5, 5.41) is 0. The van der Waals surface area contributed by atoms with Crippen LogP contribution in [0.15, 0.2) is 30.3 Å². The molecule has 0 bridgehead atoms. The average Bonchev–Trinajstić information content (AvgIpc) is 2.31. The van der Waals surface area contributed by atoms with Crippen molar-refractivity contribution in [3.63, 3.8) is 0 Å². The Balaban J connectivity index is 0.000000917. The predicted molar refractivity (Wildman–Crippen MR) is 71.9 cm³/mol. The minimum Gasteiger partial charge on any atom is -0.307 e. The van der Waals surface area contributed by atoms with Gasteiger partial charge in [-0.15, -0.1) is 0 Å². The number of fused-ring (bicyclic) bond motifs is 1. The Labute approximate surface area is 129 Å². The normalized spacial score (nSPS) is 21.0. The molecule has 1 radical (unpaired) electrons. The first-order valence-corrected chi connectivity index (χ1v) is 6.41. The van der Waals surface area contributed by atoms with Crippen molar-refractivity contribution in [2.24, 2.45) is 0 Å². The van der Waals surface area contributed by atoms with Gasteiger partial charge in [0.25, 0.3) is 10.1 Å². The Bertz CT molecular complexity index is 539. The van der Waals surface area contributed by atoms with Crippen LogP contribution in [-0.2, 0) is 19.7 Å². The van der Waals surface area contributed by atoms with E-state index in [2.05, 4.69) is 0 Å². The summed E-state index contributed by atoms with van der Waals surface area (Å²) in [6.45, 7) is 3.55. The monoisotopic (exact) mass is 277 g/mol. The van der Waals surface area contributed by atoms with Gasteiger partial charge in [0.05, 0.1) is 0 Å². The third-order valence-corrected chi connectivity index (χ3v) is 4.43. The van der Waals surface area contributed by atoms with Crippen LogP contribution < -0.4 is 0 Å². The van der Waals surface area contributed by atoms with Crippen LogP contribution in [0.3, 0.4) is 0 Å². The van der Waals surface area contributed by atoms with Gasteiger partial charge in [-0.1, -0.05) is 36.4 Å². The van der Waals surface area contributed by atoms with Gasteiger partial charge in [-0.3, -0.25) is 4.55 Å². The summed E-state index contributed by atoms with van der Waals surface area (Å²) in [4.78, 5) is 8.00. The molecule has 1 aromatic carbocycles. The third-order valence-electron chi connectivity index (χ3n) is 2.90. The van der Waals surface area contributed by atoms with E-state index in [1.807, 2.05) is 25.0 Å². The van der Waals surface area contributed by atoms with E-state index in [0.29, 0.717) is 12.0 Å². The van der Waals surface area contributed by atoms with Crippen LogP contribution >= 0.6 is 0 Å². The summed E-state index contributed by atoms with van der Waals surface area (Å²) < 4.78 is 30.9. The molecular weight excluding hydrogens is 263 g/mol. The summed E-state index contributed by atoms with van der Waals surface area (Å²) in [6, 6.07) is 7.21. The van der Waals surface area contributed by atoms with Gasteiger partial charge < -0.3 is 4.79 Å². The Hall–Kier alpha value is -0.460. The third kappa shape index (κ3) is 3.10. The number of hydrogen-bond acceptors (Lipinski definition) is 3. The van der Waals surface area contributed by atoms with Crippen LogP contribution in [0, 0.1) is 0 Å². The molecule has 0 spiro atoms. The van der Waals surface area contributed by atoms with Crippen LogP contribution in [0.5, 0.6) is 0 Å². The molecule has 1 aliphatic carbocycles. The van der Waals surface area contributed by atoms with E-state index in [4.69, 9.17) is 4.79 Å². The molecule has 4 nitrogen and oxygen atoms in total. The van der Waals surface area contributed by atoms with E-state index in [1.54, 1.807) is 25.1 Å². The van der Waals surface area contributed by atoms with Gasteiger partial charge in [0, 0.05) is 29.6 Å². The van der Waals surface area contributed by atoms with Gasteiger partial charge in [0.15, 0.2) is 0 Å². The Morgan fingerprint density at radius 1 is 1.28 bits per heavy atom. The average molecular weight is 277 g/mol. The van der Waals surface area contributed by atoms with E-state index in [9.17, 15) is 13.0 Å². The maximum Gasteiger partial charge on any atom is 0.274 e. The van der Waals surface area contributed by atoms with Crippen LogP contribution in [0.4, 0.5) is 0 Å². The van der Waals surface area contributed by atoms with E-state index in [0.717, 1.165) is 5.56 Å². The molecule has 0 fully saturated rings. The quantitative estimate of drug-likeness (QED) is 0.625. The largest absolute Gasteiger partial charge is 0.307 e. The van der Waals surface area contributed by atoms with Gasteiger partial charge in [-0.25, -0.2) is 0 Å². The zero-order valence-electron chi connectivity index (χ0n) is 10.5. The maximum absolute atomic E-state index is 11.4. The van der Waals surface area contributed by atoms with Crippen LogP contribution in [0.25, 0.3) is 6.08 Å². The second-order valence-electron chi connectivity index (χ2n) is 3.90. The molecule has 0 aromatic heterocycles. The van der Waals surface area contributed by atoms with Crippen molar-refractivity contribution in [3.05, 3.63) is 41.5 Å². The molecule has 6 heteroatoms. The predicted octanol–water partition coefficient (Wildman–Crippen LogP) is 1.64. The van der Waals surface area contributed by atoms with Crippen molar-refractivity contribution in [1.82, 2.24) is 0 Å². The molecule has 1 atom stereocenters. The fourth-order valence-electron chi connectivity index (χ4n) is 1.89. The Morgan fingerprint density at radius 3 is 2.39 bits per heavy atom. The smallest absolute Gasteiger partial charge is 0.274 e. The van der Waals surface area contributed by atoms with Crippen LogP contribution in [0.1, 0.15) is 24.5 Å². The number of rotatable bonds is 1. The fourth-order valence-corrected chi connectivity index (χ4v) is 2.66. The maximum atomic E-state index is 11.4. The first kappa shape index (κ1) is 17.5. The van der Waals surface area contributed by atoms with Crippen LogP contribution in [0.2, 0.25) is 0 Å². The number of carbonyl (C=O) groups is 1. The second kappa shape index (κ2) is 6.63. The second-order valence-corrected chi connectivity index (χ2v) is 5.75. The van der Waals surface area contributed by atoms with Gasteiger partial charge in [-0.2, -0.15) is 8.42 Å². The number of allylic oxidation sites excluding steroid dienone is 1. The van der Waals surface area contributed by atoms with Gasteiger partial charge in [0.2, 0.25) is 0 Å². The topological polar surface area (TPSA) is 71.4 Å². The molecule has 2 rings (SSSR count). The van der Waals surface area contributed by atoms with Crippen molar-refractivity contribution in [1.29, 1.82) is 0 Å². The van der Waals surface area contributed by atoms with Crippen LogP contribution in [-0.4, -0.2) is 49.3 Å².